The van der Waals surface area contributed by atoms with Crippen LogP contribution in [0.4, 0.5) is 4.39 Å². The van der Waals surface area contributed by atoms with Crippen molar-refractivity contribution in [3.63, 3.8) is 0 Å². The Morgan fingerprint density at radius 1 is 1.43 bits per heavy atom. The van der Waals surface area contributed by atoms with Crippen LogP contribution in [0.1, 0.15) is 12.5 Å². The van der Waals surface area contributed by atoms with E-state index in [1.54, 1.807) is 50.3 Å². The Morgan fingerprint density at radius 3 is 2.62 bits per heavy atom. The minimum absolute atomic E-state index is 0.145. The number of carbonyl (C=O) groups is 1. The maximum absolute atomic E-state index is 14.0. The van der Waals surface area contributed by atoms with Gasteiger partial charge in [0.1, 0.15) is 17.5 Å². The molecular formula is C16H17FN2O2. The molecule has 0 amide bonds. The lowest BCUT2D eigenvalue weighted by molar-refractivity contribution is -0.137. The highest BCUT2D eigenvalue weighted by atomic mass is 19.1. The summed E-state index contributed by atoms with van der Waals surface area (Å²) < 4.78 is 18.8. The molecule has 110 valence electrons. The average molecular weight is 288 g/mol. The second-order valence-electron chi connectivity index (χ2n) is 4.38. The number of hydrogen-bond donors (Lipinski definition) is 0. The third kappa shape index (κ3) is 4.46. The third-order valence-electron chi connectivity index (χ3n) is 2.56. The number of benzene rings is 1. The van der Waals surface area contributed by atoms with Gasteiger partial charge >= 0.3 is 5.97 Å². The summed E-state index contributed by atoms with van der Waals surface area (Å²) in [6, 6.07) is 7.78. The molecule has 1 aromatic carbocycles. The first-order chi connectivity index (χ1) is 10.0. The van der Waals surface area contributed by atoms with Crippen molar-refractivity contribution in [3.05, 3.63) is 53.5 Å². The van der Waals surface area contributed by atoms with Crippen molar-refractivity contribution in [1.82, 2.24) is 4.90 Å². The molecular weight excluding hydrogens is 271 g/mol. The number of nitrogens with zero attached hydrogens (tertiary/aromatic N) is 2. The van der Waals surface area contributed by atoms with Gasteiger partial charge < -0.3 is 9.64 Å². The van der Waals surface area contributed by atoms with Gasteiger partial charge in [-0.2, -0.15) is 5.26 Å². The van der Waals surface area contributed by atoms with Crippen LogP contribution in [0, 0.1) is 17.1 Å². The summed E-state index contributed by atoms with van der Waals surface area (Å²) in [5, 5.41) is 9.23. The Balaban J connectivity index is 3.48. The minimum atomic E-state index is -0.762. The van der Waals surface area contributed by atoms with Crippen molar-refractivity contribution in [1.29, 1.82) is 5.26 Å². The van der Waals surface area contributed by atoms with Crippen LogP contribution in [0.3, 0.4) is 0 Å². The van der Waals surface area contributed by atoms with Gasteiger partial charge in [-0.1, -0.05) is 18.2 Å². The zero-order chi connectivity index (χ0) is 15.8. The number of allylic oxidation sites excluding steroid dienone is 2. The SMILES string of the molecule is CCOC(=O)C(C#N)=C(C=CN(C)C)c1ccccc1F. The monoisotopic (exact) mass is 288 g/mol. The first-order valence-electron chi connectivity index (χ1n) is 6.42. The lowest BCUT2D eigenvalue weighted by Crippen LogP contribution is -2.09. The quantitative estimate of drug-likeness (QED) is 0.362. The van der Waals surface area contributed by atoms with E-state index in [0.717, 1.165) is 0 Å². The van der Waals surface area contributed by atoms with E-state index in [0.29, 0.717) is 0 Å². The van der Waals surface area contributed by atoms with Crippen LogP contribution < -0.4 is 0 Å². The van der Waals surface area contributed by atoms with Crippen molar-refractivity contribution in [2.45, 2.75) is 6.92 Å². The molecule has 0 bridgehead atoms. The molecule has 0 radical (unpaired) electrons. The van der Waals surface area contributed by atoms with Crippen LogP contribution in [-0.2, 0) is 9.53 Å². The van der Waals surface area contributed by atoms with Crippen LogP contribution in [0.15, 0.2) is 42.1 Å². The number of ether oxygens (including phenoxy) is 1. The van der Waals surface area contributed by atoms with Gasteiger partial charge in [-0.05, 0) is 25.3 Å². The molecule has 0 saturated heterocycles. The molecule has 0 heterocycles. The van der Waals surface area contributed by atoms with E-state index in [4.69, 9.17) is 4.74 Å². The summed E-state index contributed by atoms with van der Waals surface area (Å²) in [5.41, 5.74) is 0.156. The number of esters is 1. The highest BCUT2D eigenvalue weighted by Crippen LogP contribution is 2.24. The van der Waals surface area contributed by atoms with Gasteiger partial charge in [0.15, 0.2) is 0 Å². The van der Waals surface area contributed by atoms with Gasteiger partial charge in [0.05, 0.1) is 6.61 Å². The van der Waals surface area contributed by atoms with Crippen LogP contribution >= 0.6 is 0 Å². The van der Waals surface area contributed by atoms with Gasteiger partial charge in [0.25, 0.3) is 0 Å². The molecule has 0 aromatic heterocycles. The Morgan fingerprint density at radius 2 is 2.10 bits per heavy atom. The largest absolute Gasteiger partial charge is 0.462 e. The van der Waals surface area contributed by atoms with Crippen LogP contribution in [0.2, 0.25) is 0 Å². The predicted molar refractivity (Wildman–Crippen MR) is 78.4 cm³/mol. The minimum Gasteiger partial charge on any atom is -0.462 e. The van der Waals surface area contributed by atoms with E-state index < -0.39 is 11.8 Å². The summed E-state index contributed by atoms with van der Waals surface area (Å²) in [7, 11) is 3.57. The second-order valence-corrected chi connectivity index (χ2v) is 4.38. The highest BCUT2D eigenvalue weighted by molar-refractivity contribution is 6.03. The van der Waals surface area contributed by atoms with Gasteiger partial charge in [-0.15, -0.1) is 0 Å². The van der Waals surface area contributed by atoms with E-state index in [1.165, 1.54) is 18.2 Å². The lowest BCUT2D eigenvalue weighted by atomic mass is 9.99. The second kappa shape index (κ2) is 7.85. The molecule has 0 aliphatic heterocycles. The van der Waals surface area contributed by atoms with Gasteiger partial charge in [0, 0.05) is 25.2 Å². The van der Waals surface area contributed by atoms with E-state index in [2.05, 4.69) is 0 Å². The number of carbonyl (C=O) groups excluding carboxylic acids is 1. The van der Waals surface area contributed by atoms with Crippen molar-refractivity contribution in [3.8, 4) is 6.07 Å². The molecule has 0 aliphatic rings. The first kappa shape index (κ1) is 16.4. The number of halogens is 1. The molecule has 0 unspecified atom stereocenters. The summed E-state index contributed by atoms with van der Waals surface area (Å²) in [6.45, 7) is 1.79. The molecule has 0 N–H and O–H groups in total. The topological polar surface area (TPSA) is 53.3 Å². The summed E-state index contributed by atoms with van der Waals surface area (Å²) in [4.78, 5) is 13.6. The molecule has 5 heteroatoms. The fourth-order valence-corrected chi connectivity index (χ4v) is 1.63. The molecule has 1 rings (SSSR count). The van der Waals surface area contributed by atoms with Gasteiger partial charge in [0.2, 0.25) is 0 Å². The van der Waals surface area contributed by atoms with E-state index in [9.17, 15) is 14.4 Å². The number of rotatable bonds is 5. The summed E-state index contributed by atoms with van der Waals surface area (Å²) in [6.07, 6.45) is 3.16. The molecule has 0 saturated carbocycles. The normalized spacial score (nSPS) is 11.8. The maximum Gasteiger partial charge on any atom is 0.349 e. The smallest absolute Gasteiger partial charge is 0.349 e. The van der Waals surface area contributed by atoms with Crippen molar-refractivity contribution in [2.24, 2.45) is 0 Å². The standard InChI is InChI=1S/C16H17FN2O2/c1-4-21-16(20)14(11-18)12(9-10-19(2)3)13-7-5-6-8-15(13)17/h5-10H,4H2,1-3H3. The lowest BCUT2D eigenvalue weighted by Gasteiger charge is -2.10. The Labute approximate surface area is 123 Å². The van der Waals surface area contributed by atoms with Crippen molar-refractivity contribution < 1.29 is 13.9 Å². The fourth-order valence-electron chi connectivity index (χ4n) is 1.63. The Bertz CT molecular complexity index is 613. The van der Waals surface area contributed by atoms with Crippen molar-refractivity contribution in [2.75, 3.05) is 20.7 Å². The van der Waals surface area contributed by atoms with Crippen LogP contribution in [-0.4, -0.2) is 31.6 Å². The van der Waals surface area contributed by atoms with E-state index in [-0.39, 0.29) is 23.3 Å². The van der Waals surface area contributed by atoms with Crippen LogP contribution in [0.25, 0.3) is 5.57 Å². The molecule has 0 aliphatic carbocycles. The number of hydrogen-bond acceptors (Lipinski definition) is 4. The highest BCUT2D eigenvalue weighted by Gasteiger charge is 2.18. The van der Waals surface area contributed by atoms with Crippen LogP contribution in [0.5, 0.6) is 0 Å². The third-order valence-corrected chi connectivity index (χ3v) is 2.56. The van der Waals surface area contributed by atoms with E-state index >= 15 is 0 Å². The zero-order valence-electron chi connectivity index (χ0n) is 12.3. The van der Waals surface area contributed by atoms with Gasteiger partial charge in [-0.3, -0.25) is 0 Å². The summed E-state index contributed by atoms with van der Waals surface area (Å²) in [5.74, 6) is -1.27. The van der Waals surface area contributed by atoms with Crippen molar-refractivity contribution >= 4 is 11.5 Å². The first-order valence-corrected chi connectivity index (χ1v) is 6.42. The molecule has 4 nitrogen and oxygen atoms in total. The zero-order valence-corrected chi connectivity index (χ0v) is 12.3. The Hall–Kier alpha value is -2.61. The predicted octanol–water partition coefficient (Wildman–Crippen LogP) is 2.74. The molecule has 21 heavy (non-hydrogen) atoms. The van der Waals surface area contributed by atoms with E-state index in [1.807, 2.05) is 0 Å². The number of nitriles is 1. The maximum atomic E-state index is 14.0. The molecule has 1 aromatic rings. The molecule has 0 fully saturated rings. The Kier molecular flexibility index (Phi) is 6.15. The average Bonchev–Trinajstić information content (AvgIpc) is 2.44. The van der Waals surface area contributed by atoms with Gasteiger partial charge in [-0.25, -0.2) is 9.18 Å². The molecule has 0 spiro atoms. The molecule has 0 atom stereocenters. The summed E-state index contributed by atoms with van der Waals surface area (Å²) >= 11 is 0. The fraction of sp³-hybridized carbons (Fsp3) is 0.250.